The Labute approximate surface area is 132 Å². The van der Waals surface area contributed by atoms with E-state index >= 15 is 0 Å². The van der Waals surface area contributed by atoms with Crippen molar-refractivity contribution in [3.63, 3.8) is 0 Å². The zero-order valence-electron chi connectivity index (χ0n) is 11.8. The zero-order valence-corrected chi connectivity index (χ0v) is 12.6. The van der Waals surface area contributed by atoms with Crippen LogP contribution in [0.25, 0.3) is 0 Å². The standard InChI is InChI=1S/C16H14ClNO4/c1-10-12(15(19)20)7-8-13(14(10)17)18-16(21)22-9-11-5-3-2-4-6-11/h2-8H,9H2,1H3,(H,18,21)(H,19,20). The van der Waals surface area contributed by atoms with Crippen molar-refractivity contribution in [1.82, 2.24) is 0 Å². The number of rotatable bonds is 4. The molecule has 1 amide bonds. The highest BCUT2D eigenvalue weighted by molar-refractivity contribution is 6.34. The minimum Gasteiger partial charge on any atom is -0.478 e. The molecular weight excluding hydrogens is 306 g/mol. The van der Waals surface area contributed by atoms with Gasteiger partial charge in [0.2, 0.25) is 0 Å². The molecule has 114 valence electrons. The summed E-state index contributed by atoms with van der Waals surface area (Å²) in [6, 6.07) is 12.1. The van der Waals surface area contributed by atoms with Crippen LogP contribution in [0.15, 0.2) is 42.5 Å². The second kappa shape index (κ2) is 6.95. The molecule has 0 radical (unpaired) electrons. The second-order valence-corrected chi connectivity index (χ2v) is 4.97. The number of hydrogen-bond donors (Lipinski definition) is 2. The summed E-state index contributed by atoms with van der Waals surface area (Å²) in [6.07, 6.45) is -0.659. The molecule has 2 rings (SSSR count). The molecule has 0 spiro atoms. The molecule has 0 atom stereocenters. The molecule has 0 saturated carbocycles. The molecule has 22 heavy (non-hydrogen) atoms. The van der Waals surface area contributed by atoms with Crippen LogP contribution < -0.4 is 5.32 Å². The summed E-state index contributed by atoms with van der Waals surface area (Å²) in [5, 5.41) is 11.7. The fourth-order valence-corrected chi connectivity index (χ4v) is 2.09. The van der Waals surface area contributed by atoms with E-state index in [2.05, 4.69) is 5.32 Å². The first kappa shape index (κ1) is 15.9. The molecule has 0 heterocycles. The summed E-state index contributed by atoms with van der Waals surface area (Å²) in [5.74, 6) is -1.07. The van der Waals surface area contributed by atoms with E-state index in [9.17, 15) is 9.59 Å². The molecule has 0 fully saturated rings. The van der Waals surface area contributed by atoms with E-state index in [1.807, 2.05) is 30.3 Å². The number of carboxylic acid groups (broad SMARTS) is 1. The normalized spacial score (nSPS) is 10.1. The van der Waals surface area contributed by atoms with E-state index in [1.54, 1.807) is 6.92 Å². The maximum Gasteiger partial charge on any atom is 0.412 e. The van der Waals surface area contributed by atoms with Gasteiger partial charge in [-0.05, 0) is 30.2 Å². The number of amides is 1. The van der Waals surface area contributed by atoms with Gasteiger partial charge in [0.25, 0.3) is 0 Å². The molecule has 0 bridgehead atoms. The van der Waals surface area contributed by atoms with Crippen molar-refractivity contribution in [3.05, 3.63) is 64.2 Å². The SMILES string of the molecule is Cc1c(C(=O)O)ccc(NC(=O)OCc2ccccc2)c1Cl. The van der Waals surface area contributed by atoms with Crippen molar-refractivity contribution in [2.75, 3.05) is 5.32 Å². The molecule has 2 aromatic carbocycles. The summed E-state index contributed by atoms with van der Waals surface area (Å²) >= 11 is 6.07. The summed E-state index contributed by atoms with van der Waals surface area (Å²) in [4.78, 5) is 22.8. The molecule has 0 aliphatic heterocycles. The number of hydrogen-bond acceptors (Lipinski definition) is 3. The van der Waals surface area contributed by atoms with Gasteiger partial charge in [-0.15, -0.1) is 0 Å². The minimum atomic E-state index is -1.07. The molecule has 5 nitrogen and oxygen atoms in total. The van der Waals surface area contributed by atoms with Crippen LogP contribution in [-0.2, 0) is 11.3 Å². The highest BCUT2D eigenvalue weighted by Gasteiger charge is 2.15. The van der Waals surface area contributed by atoms with Gasteiger partial charge in [-0.3, -0.25) is 5.32 Å². The lowest BCUT2D eigenvalue weighted by Crippen LogP contribution is -2.14. The fraction of sp³-hybridized carbons (Fsp3) is 0.125. The third-order valence-electron chi connectivity index (χ3n) is 3.07. The number of halogens is 1. The Morgan fingerprint density at radius 2 is 1.86 bits per heavy atom. The van der Waals surface area contributed by atoms with E-state index in [-0.39, 0.29) is 17.2 Å². The lowest BCUT2D eigenvalue weighted by Gasteiger charge is -2.11. The number of nitrogens with one attached hydrogen (secondary N) is 1. The van der Waals surface area contributed by atoms with Gasteiger partial charge in [-0.25, -0.2) is 9.59 Å². The van der Waals surface area contributed by atoms with Gasteiger partial charge in [0.05, 0.1) is 16.3 Å². The van der Waals surface area contributed by atoms with Crippen molar-refractivity contribution < 1.29 is 19.4 Å². The average molecular weight is 320 g/mol. The largest absolute Gasteiger partial charge is 0.478 e. The third kappa shape index (κ3) is 3.77. The summed E-state index contributed by atoms with van der Waals surface area (Å²) in [7, 11) is 0. The summed E-state index contributed by atoms with van der Waals surface area (Å²) < 4.78 is 5.08. The molecule has 2 N–H and O–H groups in total. The monoisotopic (exact) mass is 319 g/mol. The molecule has 6 heteroatoms. The van der Waals surface area contributed by atoms with Gasteiger partial charge in [0, 0.05) is 0 Å². The van der Waals surface area contributed by atoms with E-state index in [0.29, 0.717) is 11.3 Å². The second-order valence-electron chi connectivity index (χ2n) is 4.59. The van der Waals surface area contributed by atoms with Crippen molar-refractivity contribution >= 4 is 29.4 Å². The van der Waals surface area contributed by atoms with Gasteiger partial charge >= 0.3 is 12.1 Å². The van der Waals surface area contributed by atoms with E-state index in [1.165, 1.54) is 12.1 Å². The van der Waals surface area contributed by atoms with E-state index in [0.717, 1.165) is 5.56 Å². The number of aromatic carboxylic acids is 1. The Kier molecular flexibility index (Phi) is 5.01. The predicted molar refractivity (Wildman–Crippen MR) is 83.4 cm³/mol. The van der Waals surface area contributed by atoms with Crippen molar-refractivity contribution in [3.8, 4) is 0 Å². The van der Waals surface area contributed by atoms with Gasteiger partial charge < -0.3 is 9.84 Å². The fourth-order valence-electron chi connectivity index (χ4n) is 1.88. The lowest BCUT2D eigenvalue weighted by molar-refractivity contribution is 0.0696. The first-order valence-corrected chi connectivity index (χ1v) is 6.87. The number of anilines is 1. The van der Waals surface area contributed by atoms with Crippen LogP contribution in [0.3, 0.4) is 0 Å². The number of carbonyl (C=O) groups is 2. The van der Waals surface area contributed by atoms with Crippen LogP contribution >= 0.6 is 11.6 Å². The topological polar surface area (TPSA) is 75.6 Å². The molecular formula is C16H14ClNO4. The van der Waals surface area contributed by atoms with Crippen LogP contribution in [0.5, 0.6) is 0 Å². The first-order chi connectivity index (χ1) is 10.5. The van der Waals surface area contributed by atoms with Gasteiger partial charge in [-0.2, -0.15) is 0 Å². The molecule has 0 aromatic heterocycles. The molecule has 0 aliphatic carbocycles. The minimum absolute atomic E-state index is 0.0909. The predicted octanol–water partition coefficient (Wildman–Crippen LogP) is 4.10. The van der Waals surface area contributed by atoms with Gasteiger partial charge in [0.1, 0.15) is 6.61 Å². The van der Waals surface area contributed by atoms with Crippen molar-refractivity contribution in [2.45, 2.75) is 13.5 Å². The lowest BCUT2D eigenvalue weighted by atomic mass is 10.1. The Morgan fingerprint density at radius 3 is 2.50 bits per heavy atom. The quantitative estimate of drug-likeness (QED) is 0.889. The highest BCUT2D eigenvalue weighted by Crippen LogP contribution is 2.28. The number of benzene rings is 2. The Balaban J connectivity index is 2.03. The van der Waals surface area contributed by atoms with Crippen LogP contribution in [0, 0.1) is 6.92 Å². The van der Waals surface area contributed by atoms with Gasteiger partial charge in [0.15, 0.2) is 0 Å². The molecule has 2 aromatic rings. The van der Waals surface area contributed by atoms with Crippen molar-refractivity contribution in [2.24, 2.45) is 0 Å². The number of carbonyl (C=O) groups excluding carboxylic acids is 1. The van der Waals surface area contributed by atoms with Crippen LogP contribution in [0.1, 0.15) is 21.5 Å². The van der Waals surface area contributed by atoms with Crippen LogP contribution in [0.2, 0.25) is 5.02 Å². The first-order valence-electron chi connectivity index (χ1n) is 6.49. The van der Waals surface area contributed by atoms with Crippen molar-refractivity contribution in [1.29, 1.82) is 0 Å². The van der Waals surface area contributed by atoms with Crippen LogP contribution in [-0.4, -0.2) is 17.2 Å². The summed E-state index contributed by atoms with van der Waals surface area (Å²) in [5.41, 5.74) is 1.65. The number of carboxylic acids is 1. The molecule has 0 aliphatic rings. The van der Waals surface area contributed by atoms with Crippen LogP contribution in [0.4, 0.5) is 10.5 Å². The third-order valence-corrected chi connectivity index (χ3v) is 3.55. The maximum atomic E-state index is 11.8. The van der Waals surface area contributed by atoms with E-state index < -0.39 is 12.1 Å². The Bertz CT molecular complexity index is 701. The Hall–Kier alpha value is -2.53. The average Bonchev–Trinajstić information content (AvgIpc) is 2.50. The van der Waals surface area contributed by atoms with Gasteiger partial charge in [-0.1, -0.05) is 41.9 Å². The molecule has 0 saturated heterocycles. The maximum absolute atomic E-state index is 11.8. The zero-order chi connectivity index (χ0) is 16.1. The summed E-state index contributed by atoms with van der Waals surface area (Å²) in [6.45, 7) is 1.71. The molecule has 0 unspecified atom stereocenters. The highest BCUT2D eigenvalue weighted by atomic mass is 35.5. The number of ether oxygens (including phenoxy) is 1. The smallest absolute Gasteiger partial charge is 0.412 e. The Morgan fingerprint density at radius 1 is 1.18 bits per heavy atom. The van der Waals surface area contributed by atoms with E-state index in [4.69, 9.17) is 21.4 Å².